The van der Waals surface area contributed by atoms with Crippen molar-refractivity contribution in [3.63, 3.8) is 0 Å². The summed E-state index contributed by atoms with van der Waals surface area (Å²) in [6.07, 6.45) is 0.828. The van der Waals surface area contributed by atoms with Gasteiger partial charge in [-0.3, -0.25) is 10.1 Å². The van der Waals surface area contributed by atoms with Gasteiger partial charge < -0.3 is 10.2 Å². The molecule has 26 heavy (non-hydrogen) atoms. The lowest BCUT2D eigenvalue weighted by Crippen LogP contribution is -2.35. The van der Waals surface area contributed by atoms with Crippen LogP contribution < -0.4 is 10.6 Å². The van der Waals surface area contributed by atoms with Gasteiger partial charge in [-0.2, -0.15) is 0 Å². The Bertz CT molecular complexity index is 920. The molecule has 0 atom stereocenters. The van der Waals surface area contributed by atoms with E-state index in [1.54, 1.807) is 0 Å². The van der Waals surface area contributed by atoms with Gasteiger partial charge in [0.1, 0.15) is 0 Å². The first-order valence-electron chi connectivity index (χ1n) is 8.25. The molecule has 132 valence electrons. The van der Waals surface area contributed by atoms with Crippen LogP contribution in [0.5, 0.6) is 0 Å². The van der Waals surface area contributed by atoms with Gasteiger partial charge in [-0.1, -0.05) is 12.1 Å². The highest BCUT2D eigenvalue weighted by atomic mass is 32.1. The highest BCUT2D eigenvalue weighted by Crippen LogP contribution is 2.25. The van der Waals surface area contributed by atoms with Crippen molar-refractivity contribution >= 4 is 45.3 Å². The van der Waals surface area contributed by atoms with Crippen LogP contribution in [-0.4, -0.2) is 23.4 Å². The molecule has 2 N–H and O–H groups in total. The van der Waals surface area contributed by atoms with Crippen molar-refractivity contribution in [1.82, 2.24) is 4.90 Å². The summed E-state index contributed by atoms with van der Waals surface area (Å²) in [7, 11) is 0. The number of hydrogen-bond donors (Lipinski definition) is 2. The maximum Gasteiger partial charge on any atom is 0.324 e. The number of nitrogens with one attached hydrogen (secondary N) is 2. The van der Waals surface area contributed by atoms with E-state index < -0.39 is 0 Å². The summed E-state index contributed by atoms with van der Waals surface area (Å²) >= 11 is 2.94. The normalized spacial score (nSPS) is 13.2. The Hall–Kier alpha value is -2.64. The van der Waals surface area contributed by atoms with E-state index in [-0.39, 0.29) is 11.9 Å². The number of carbonyl (C=O) groups is 2. The largest absolute Gasteiger partial charge is 0.333 e. The van der Waals surface area contributed by atoms with Gasteiger partial charge >= 0.3 is 6.03 Å². The SMILES string of the molecule is O=C(Nc1ccc2c(c1)CN(C(=O)c1cccs1)CC2)Nc1cccs1. The van der Waals surface area contributed by atoms with E-state index in [0.717, 1.165) is 34.1 Å². The minimum atomic E-state index is -0.269. The summed E-state index contributed by atoms with van der Waals surface area (Å²) in [6, 6.07) is 13.1. The van der Waals surface area contributed by atoms with Crippen molar-refractivity contribution in [3.8, 4) is 0 Å². The van der Waals surface area contributed by atoms with E-state index >= 15 is 0 Å². The van der Waals surface area contributed by atoms with Crippen LogP contribution in [0.15, 0.2) is 53.2 Å². The third-order valence-corrected chi connectivity index (χ3v) is 5.90. The molecule has 3 aromatic rings. The fourth-order valence-electron chi connectivity index (χ4n) is 2.99. The topological polar surface area (TPSA) is 61.4 Å². The Kier molecular flexibility index (Phi) is 4.73. The highest BCUT2D eigenvalue weighted by molar-refractivity contribution is 7.14. The second-order valence-electron chi connectivity index (χ2n) is 5.99. The Morgan fingerprint density at radius 2 is 1.81 bits per heavy atom. The summed E-state index contributed by atoms with van der Waals surface area (Å²) in [5.74, 6) is 0.0689. The molecule has 4 rings (SSSR count). The van der Waals surface area contributed by atoms with Gasteiger partial charge in [0.2, 0.25) is 0 Å². The molecule has 0 radical (unpaired) electrons. The van der Waals surface area contributed by atoms with Crippen LogP contribution in [0.25, 0.3) is 0 Å². The highest BCUT2D eigenvalue weighted by Gasteiger charge is 2.22. The first-order chi connectivity index (χ1) is 12.7. The van der Waals surface area contributed by atoms with Crippen molar-refractivity contribution in [2.75, 3.05) is 17.2 Å². The maximum atomic E-state index is 12.6. The number of urea groups is 1. The quantitative estimate of drug-likeness (QED) is 0.691. The lowest BCUT2D eigenvalue weighted by atomic mass is 9.99. The average Bonchev–Trinajstić information content (AvgIpc) is 3.34. The number of rotatable bonds is 3. The number of benzene rings is 1. The second-order valence-corrected chi connectivity index (χ2v) is 7.89. The van der Waals surface area contributed by atoms with Crippen molar-refractivity contribution in [2.24, 2.45) is 0 Å². The van der Waals surface area contributed by atoms with Crippen molar-refractivity contribution in [3.05, 3.63) is 69.2 Å². The molecular weight excluding hydrogens is 366 g/mol. The van der Waals surface area contributed by atoms with Crippen molar-refractivity contribution < 1.29 is 9.59 Å². The molecule has 7 heteroatoms. The number of nitrogens with zero attached hydrogens (tertiary/aromatic N) is 1. The molecule has 2 aromatic heterocycles. The molecule has 3 amide bonds. The van der Waals surface area contributed by atoms with Gasteiger partial charge in [-0.05, 0) is 58.6 Å². The molecule has 0 aliphatic carbocycles. The van der Waals surface area contributed by atoms with Crippen molar-refractivity contribution in [2.45, 2.75) is 13.0 Å². The number of hydrogen-bond acceptors (Lipinski definition) is 4. The lowest BCUT2D eigenvalue weighted by Gasteiger charge is -2.29. The predicted molar refractivity (Wildman–Crippen MR) is 106 cm³/mol. The number of anilines is 2. The molecule has 5 nitrogen and oxygen atoms in total. The fraction of sp³-hybridized carbons (Fsp3) is 0.158. The number of fused-ring (bicyclic) bond motifs is 1. The van der Waals surface area contributed by atoms with Crippen LogP contribution in [0.1, 0.15) is 20.8 Å². The smallest absolute Gasteiger partial charge is 0.324 e. The molecule has 1 aromatic carbocycles. The summed E-state index contributed by atoms with van der Waals surface area (Å²) in [4.78, 5) is 27.3. The van der Waals surface area contributed by atoms with E-state index in [0.29, 0.717) is 6.54 Å². The van der Waals surface area contributed by atoms with E-state index in [2.05, 4.69) is 10.6 Å². The van der Waals surface area contributed by atoms with Crippen LogP contribution in [0.3, 0.4) is 0 Å². The Labute approximate surface area is 159 Å². The Balaban J connectivity index is 1.45. The Morgan fingerprint density at radius 1 is 0.962 bits per heavy atom. The molecule has 0 spiro atoms. The van der Waals surface area contributed by atoms with Gasteiger partial charge in [-0.25, -0.2) is 4.79 Å². The first kappa shape index (κ1) is 16.8. The van der Waals surface area contributed by atoms with Gasteiger partial charge in [0, 0.05) is 18.8 Å². The first-order valence-corrected chi connectivity index (χ1v) is 10.0. The zero-order chi connectivity index (χ0) is 17.9. The molecule has 3 heterocycles. The van der Waals surface area contributed by atoms with Crippen LogP contribution in [0, 0.1) is 0 Å². The van der Waals surface area contributed by atoms with Crippen LogP contribution >= 0.6 is 22.7 Å². The zero-order valence-electron chi connectivity index (χ0n) is 13.9. The van der Waals surface area contributed by atoms with E-state index in [9.17, 15) is 9.59 Å². The second kappa shape index (κ2) is 7.31. The summed E-state index contributed by atoms with van der Waals surface area (Å²) in [5, 5.41) is 10.3. The van der Waals surface area contributed by atoms with Crippen LogP contribution in [-0.2, 0) is 13.0 Å². The molecule has 1 aliphatic rings. The van der Waals surface area contributed by atoms with Gasteiger partial charge in [0.25, 0.3) is 5.91 Å². The minimum absolute atomic E-state index is 0.0689. The minimum Gasteiger partial charge on any atom is -0.333 e. The standard InChI is InChI=1S/C19H17N3O2S2/c23-18(16-3-1-9-25-16)22-8-7-13-5-6-15(11-14(13)12-22)20-19(24)21-17-4-2-10-26-17/h1-6,9-11H,7-8,12H2,(H2,20,21,24). The fourth-order valence-corrected chi connectivity index (χ4v) is 4.29. The number of thiophene rings is 2. The third kappa shape index (κ3) is 3.63. The monoisotopic (exact) mass is 383 g/mol. The molecule has 0 saturated carbocycles. The summed E-state index contributed by atoms with van der Waals surface area (Å²) in [6.45, 7) is 1.28. The maximum absolute atomic E-state index is 12.6. The molecular formula is C19H17N3O2S2. The summed E-state index contributed by atoms with van der Waals surface area (Å²) in [5.41, 5.74) is 3.03. The number of carbonyl (C=O) groups excluding carboxylic acids is 2. The van der Waals surface area contributed by atoms with E-state index in [4.69, 9.17) is 0 Å². The average molecular weight is 383 g/mol. The van der Waals surface area contributed by atoms with Gasteiger partial charge in [-0.15, -0.1) is 22.7 Å². The van der Waals surface area contributed by atoms with E-state index in [1.807, 2.05) is 58.1 Å². The lowest BCUT2D eigenvalue weighted by molar-refractivity contribution is 0.0739. The molecule has 0 unspecified atom stereocenters. The molecule has 0 fully saturated rings. The molecule has 0 saturated heterocycles. The van der Waals surface area contributed by atoms with Crippen LogP contribution in [0.2, 0.25) is 0 Å². The van der Waals surface area contributed by atoms with Crippen LogP contribution in [0.4, 0.5) is 15.5 Å². The predicted octanol–water partition coefficient (Wildman–Crippen LogP) is 4.65. The van der Waals surface area contributed by atoms with E-state index in [1.165, 1.54) is 28.2 Å². The number of amides is 3. The van der Waals surface area contributed by atoms with Crippen molar-refractivity contribution in [1.29, 1.82) is 0 Å². The zero-order valence-corrected chi connectivity index (χ0v) is 15.5. The third-order valence-electron chi connectivity index (χ3n) is 4.25. The molecule has 0 bridgehead atoms. The summed E-state index contributed by atoms with van der Waals surface area (Å²) < 4.78 is 0. The Morgan fingerprint density at radius 3 is 2.58 bits per heavy atom. The van der Waals surface area contributed by atoms with Gasteiger partial charge in [0.15, 0.2) is 0 Å². The van der Waals surface area contributed by atoms with Gasteiger partial charge in [0.05, 0.1) is 9.88 Å². The molecule has 1 aliphatic heterocycles.